The van der Waals surface area contributed by atoms with E-state index in [1.54, 1.807) is 11.8 Å². The number of thioether (sulfide) groups is 1. The SMILES string of the molecule is CCCCNC(=O)CCSc1nnc(-c2ccccc2)n1C. The first kappa shape index (κ1) is 16.5. The molecule has 2 aromatic rings. The summed E-state index contributed by atoms with van der Waals surface area (Å²) in [6.45, 7) is 2.88. The van der Waals surface area contributed by atoms with Crippen LogP contribution in [0.2, 0.25) is 0 Å². The Morgan fingerprint density at radius 3 is 2.77 bits per heavy atom. The maximum atomic E-state index is 11.7. The van der Waals surface area contributed by atoms with E-state index < -0.39 is 0 Å². The molecule has 1 aromatic heterocycles. The van der Waals surface area contributed by atoms with Gasteiger partial charge in [-0.1, -0.05) is 55.4 Å². The van der Waals surface area contributed by atoms with Crippen LogP contribution in [-0.2, 0) is 11.8 Å². The van der Waals surface area contributed by atoms with Gasteiger partial charge >= 0.3 is 0 Å². The van der Waals surface area contributed by atoms with Crippen molar-refractivity contribution in [3.8, 4) is 11.4 Å². The summed E-state index contributed by atoms with van der Waals surface area (Å²) in [7, 11) is 1.95. The van der Waals surface area contributed by atoms with Crippen molar-refractivity contribution < 1.29 is 4.79 Å². The van der Waals surface area contributed by atoms with Gasteiger partial charge in [-0.15, -0.1) is 10.2 Å². The fourth-order valence-corrected chi connectivity index (χ4v) is 2.86. The van der Waals surface area contributed by atoms with E-state index in [-0.39, 0.29) is 5.91 Å². The molecule has 0 aliphatic carbocycles. The van der Waals surface area contributed by atoms with Crippen LogP contribution in [0, 0.1) is 0 Å². The van der Waals surface area contributed by atoms with Crippen molar-refractivity contribution in [2.24, 2.45) is 7.05 Å². The predicted molar refractivity (Wildman–Crippen MR) is 89.7 cm³/mol. The van der Waals surface area contributed by atoms with Crippen LogP contribution >= 0.6 is 11.8 Å². The van der Waals surface area contributed by atoms with Crippen LogP contribution in [0.4, 0.5) is 0 Å². The highest BCUT2D eigenvalue weighted by molar-refractivity contribution is 7.99. The molecule has 0 radical (unpaired) electrons. The summed E-state index contributed by atoms with van der Waals surface area (Å²) in [5.74, 6) is 1.65. The molecule has 0 spiro atoms. The van der Waals surface area contributed by atoms with Crippen molar-refractivity contribution in [1.82, 2.24) is 20.1 Å². The molecule has 0 aliphatic heterocycles. The van der Waals surface area contributed by atoms with E-state index in [9.17, 15) is 4.79 Å². The monoisotopic (exact) mass is 318 g/mol. The lowest BCUT2D eigenvalue weighted by Crippen LogP contribution is -2.24. The molecule has 22 heavy (non-hydrogen) atoms. The molecular formula is C16H22N4OS. The Kier molecular flexibility index (Phi) is 6.45. The minimum absolute atomic E-state index is 0.103. The zero-order valence-electron chi connectivity index (χ0n) is 13.1. The van der Waals surface area contributed by atoms with Gasteiger partial charge in [0.25, 0.3) is 0 Å². The number of unbranched alkanes of at least 4 members (excludes halogenated alkanes) is 1. The van der Waals surface area contributed by atoms with E-state index in [2.05, 4.69) is 22.4 Å². The Morgan fingerprint density at radius 2 is 2.05 bits per heavy atom. The van der Waals surface area contributed by atoms with Crippen LogP contribution < -0.4 is 5.32 Å². The number of hydrogen-bond donors (Lipinski definition) is 1. The van der Waals surface area contributed by atoms with Gasteiger partial charge in [0.15, 0.2) is 11.0 Å². The van der Waals surface area contributed by atoms with Gasteiger partial charge in [-0.25, -0.2) is 0 Å². The smallest absolute Gasteiger partial charge is 0.220 e. The Balaban J connectivity index is 1.84. The summed E-state index contributed by atoms with van der Waals surface area (Å²) in [5, 5.41) is 12.2. The normalized spacial score (nSPS) is 10.6. The minimum atomic E-state index is 0.103. The van der Waals surface area contributed by atoms with Crippen molar-refractivity contribution in [3.05, 3.63) is 30.3 Å². The van der Waals surface area contributed by atoms with E-state index in [0.717, 1.165) is 35.9 Å². The third kappa shape index (κ3) is 4.59. The van der Waals surface area contributed by atoms with E-state index in [4.69, 9.17) is 0 Å². The first-order valence-corrected chi connectivity index (χ1v) is 8.55. The molecule has 2 rings (SSSR count). The Hall–Kier alpha value is -1.82. The summed E-state index contributed by atoms with van der Waals surface area (Å²) in [4.78, 5) is 11.7. The second-order valence-electron chi connectivity index (χ2n) is 5.03. The van der Waals surface area contributed by atoms with Crippen LogP contribution in [0.15, 0.2) is 35.5 Å². The Labute approximate surface area is 135 Å². The second kappa shape index (κ2) is 8.58. The van der Waals surface area contributed by atoms with Gasteiger partial charge in [0.2, 0.25) is 5.91 Å². The van der Waals surface area contributed by atoms with Gasteiger partial charge in [0.1, 0.15) is 0 Å². The average molecular weight is 318 g/mol. The van der Waals surface area contributed by atoms with E-state index in [1.807, 2.05) is 41.9 Å². The van der Waals surface area contributed by atoms with Gasteiger partial charge in [-0.3, -0.25) is 4.79 Å². The Bertz CT molecular complexity index is 597. The first-order valence-electron chi connectivity index (χ1n) is 7.56. The van der Waals surface area contributed by atoms with Gasteiger partial charge in [0.05, 0.1) is 0 Å². The van der Waals surface area contributed by atoms with Gasteiger partial charge < -0.3 is 9.88 Å². The number of rotatable bonds is 8. The molecule has 0 saturated carbocycles. The van der Waals surface area contributed by atoms with E-state index in [1.165, 1.54) is 0 Å². The molecule has 0 bridgehead atoms. The second-order valence-corrected chi connectivity index (χ2v) is 6.10. The molecule has 1 N–H and O–H groups in total. The van der Waals surface area contributed by atoms with Crippen molar-refractivity contribution in [1.29, 1.82) is 0 Å². The summed E-state index contributed by atoms with van der Waals surface area (Å²) in [6.07, 6.45) is 2.63. The summed E-state index contributed by atoms with van der Waals surface area (Å²) < 4.78 is 1.97. The molecular weight excluding hydrogens is 296 g/mol. The predicted octanol–water partition coefficient (Wildman–Crippen LogP) is 2.88. The van der Waals surface area contributed by atoms with Crippen LogP contribution in [0.25, 0.3) is 11.4 Å². The van der Waals surface area contributed by atoms with Crippen LogP contribution in [0.1, 0.15) is 26.2 Å². The molecule has 6 heteroatoms. The van der Waals surface area contributed by atoms with Crippen LogP contribution in [-0.4, -0.2) is 33.0 Å². The number of carbonyl (C=O) groups excluding carboxylic acids is 1. The number of amides is 1. The minimum Gasteiger partial charge on any atom is -0.356 e. The maximum Gasteiger partial charge on any atom is 0.220 e. The standard InChI is InChI=1S/C16H22N4OS/c1-3-4-11-17-14(21)10-12-22-16-19-18-15(20(16)2)13-8-6-5-7-9-13/h5-9H,3-4,10-12H2,1-2H3,(H,17,21). The van der Waals surface area contributed by atoms with E-state index >= 15 is 0 Å². The highest BCUT2D eigenvalue weighted by Crippen LogP contribution is 2.22. The third-order valence-corrected chi connectivity index (χ3v) is 4.30. The summed E-state index contributed by atoms with van der Waals surface area (Å²) >= 11 is 1.56. The molecule has 0 aliphatic rings. The Morgan fingerprint density at radius 1 is 1.27 bits per heavy atom. The van der Waals surface area contributed by atoms with Crippen molar-refractivity contribution in [3.63, 3.8) is 0 Å². The first-order chi connectivity index (χ1) is 10.7. The van der Waals surface area contributed by atoms with E-state index in [0.29, 0.717) is 12.2 Å². The molecule has 1 aromatic carbocycles. The number of aromatic nitrogens is 3. The average Bonchev–Trinajstić information content (AvgIpc) is 2.90. The topological polar surface area (TPSA) is 59.8 Å². The molecule has 0 unspecified atom stereocenters. The summed E-state index contributed by atoms with van der Waals surface area (Å²) in [5.41, 5.74) is 1.04. The quantitative estimate of drug-likeness (QED) is 0.600. The third-order valence-electron chi connectivity index (χ3n) is 3.28. The highest BCUT2D eigenvalue weighted by atomic mass is 32.2. The van der Waals surface area contributed by atoms with Gasteiger partial charge in [-0.05, 0) is 6.42 Å². The number of benzene rings is 1. The molecule has 0 saturated heterocycles. The lowest BCUT2D eigenvalue weighted by molar-refractivity contribution is -0.120. The van der Waals surface area contributed by atoms with Gasteiger partial charge in [-0.2, -0.15) is 0 Å². The van der Waals surface area contributed by atoms with Crippen molar-refractivity contribution >= 4 is 17.7 Å². The van der Waals surface area contributed by atoms with Gasteiger partial charge in [0, 0.05) is 31.3 Å². The number of nitrogens with zero attached hydrogens (tertiary/aromatic N) is 3. The molecule has 1 amide bonds. The zero-order valence-corrected chi connectivity index (χ0v) is 13.9. The number of hydrogen-bond acceptors (Lipinski definition) is 4. The number of carbonyl (C=O) groups is 1. The zero-order chi connectivity index (χ0) is 15.8. The molecule has 0 atom stereocenters. The summed E-state index contributed by atoms with van der Waals surface area (Å²) in [6, 6.07) is 9.97. The number of nitrogens with one attached hydrogen (secondary N) is 1. The molecule has 118 valence electrons. The fraction of sp³-hybridized carbons (Fsp3) is 0.438. The van der Waals surface area contributed by atoms with Crippen molar-refractivity contribution in [2.45, 2.75) is 31.3 Å². The lowest BCUT2D eigenvalue weighted by atomic mass is 10.2. The fourth-order valence-electron chi connectivity index (χ4n) is 2.01. The molecule has 0 fully saturated rings. The maximum absolute atomic E-state index is 11.7. The lowest BCUT2D eigenvalue weighted by Gasteiger charge is -2.05. The molecule has 5 nitrogen and oxygen atoms in total. The van der Waals surface area contributed by atoms with Crippen molar-refractivity contribution in [2.75, 3.05) is 12.3 Å². The van der Waals surface area contributed by atoms with Crippen LogP contribution in [0.5, 0.6) is 0 Å². The largest absolute Gasteiger partial charge is 0.356 e. The highest BCUT2D eigenvalue weighted by Gasteiger charge is 2.11. The molecule has 1 heterocycles. The van der Waals surface area contributed by atoms with Crippen LogP contribution in [0.3, 0.4) is 0 Å².